The largest absolute Gasteiger partial charge is 0.300 e. The minimum absolute atomic E-state index is 0.0164. The summed E-state index contributed by atoms with van der Waals surface area (Å²) in [5, 5.41) is 0. The summed E-state index contributed by atoms with van der Waals surface area (Å²) in [6.07, 6.45) is 10.1. The van der Waals surface area contributed by atoms with E-state index in [0.29, 0.717) is 31.1 Å². The number of rotatable bonds is 4. The van der Waals surface area contributed by atoms with Gasteiger partial charge in [0.1, 0.15) is 11.6 Å². The Morgan fingerprint density at radius 2 is 2.04 bits per heavy atom. The van der Waals surface area contributed by atoms with E-state index < -0.39 is 0 Å². The average Bonchev–Trinajstić information content (AvgIpc) is 2.93. The summed E-state index contributed by atoms with van der Waals surface area (Å²) in [6, 6.07) is 0. The smallest absolute Gasteiger partial charge is 0.136 e. The number of aliphatic imine (C=N–C) groups is 1. The van der Waals surface area contributed by atoms with Gasteiger partial charge in [-0.1, -0.05) is 13.0 Å². The second-order valence-corrected chi connectivity index (χ2v) is 8.90. The van der Waals surface area contributed by atoms with Gasteiger partial charge in [0.05, 0.1) is 0 Å². The van der Waals surface area contributed by atoms with Gasteiger partial charge in [-0.15, -0.1) is 11.3 Å². The zero-order chi connectivity index (χ0) is 17.6. The first kappa shape index (κ1) is 16.9. The summed E-state index contributed by atoms with van der Waals surface area (Å²) in [4.78, 5) is 31.6. The van der Waals surface area contributed by atoms with Crippen LogP contribution in [0.1, 0.15) is 85.1 Å². The number of carbonyl (C=O) groups excluding carboxylic acids is 2. The zero-order valence-electron chi connectivity index (χ0n) is 15.0. The van der Waals surface area contributed by atoms with E-state index in [1.165, 1.54) is 20.9 Å². The third kappa shape index (κ3) is 3.05. The van der Waals surface area contributed by atoms with Gasteiger partial charge in [-0.05, 0) is 44.1 Å². The molecule has 1 fully saturated rings. The normalized spacial score (nSPS) is 27.8. The maximum atomic E-state index is 12.6. The number of aryl methyl sites for hydroxylation is 1. The molecule has 0 bridgehead atoms. The monoisotopic (exact) mass is 355 g/mol. The van der Waals surface area contributed by atoms with E-state index in [1.807, 2.05) is 17.5 Å². The minimum Gasteiger partial charge on any atom is -0.300 e. The van der Waals surface area contributed by atoms with Crippen molar-refractivity contribution in [2.75, 3.05) is 0 Å². The van der Waals surface area contributed by atoms with Crippen LogP contribution in [-0.4, -0.2) is 17.3 Å². The molecule has 2 aliphatic carbocycles. The number of nitrogens with zero attached hydrogens (tertiary/aromatic N) is 1. The van der Waals surface area contributed by atoms with Crippen molar-refractivity contribution >= 4 is 28.6 Å². The molecule has 1 aromatic rings. The molecule has 0 N–H and O–H groups in total. The highest BCUT2D eigenvalue weighted by atomic mass is 32.1. The Bertz CT molecular complexity index is 786. The maximum Gasteiger partial charge on any atom is 0.136 e. The lowest BCUT2D eigenvalue weighted by Gasteiger charge is -2.26. The summed E-state index contributed by atoms with van der Waals surface area (Å²) < 4.78 is 0. The van der Waals surface area contributed by atoms with Crippen molar-refractivity contribution in [1.29, 1.82) is 0 Å². The molecule has 0 spiro atoms. The van der Waals surface area contributed by atoms with Crippen molar-refractivity contribution in [3.8, 4) is 0 Å². The lowest BCUT2D eigenvalue weighted by molar-refractivity contribution is -0.133. The second kappa shape index (κ2) is 6.64. The summed E-state index contributed by atoms with van der Waals surface area (Å²) in [6.45, 7) is 4.32. The van der Waals surface area contributed by atoms with Gasteiger partial charge in [-0.25, -0.2) is 0 Å². The van der Waals surface area contributed by atoms with Gasteiger partial charge in [-0.2, -0.15) is 0 Å². The molecular weight excluding hydrogens is 330 g/mol. The first-order chi connectivity index (χ1) is 12.0. The standard InChI is InChI=1S/C21H25NO2S/c1-12-8-9-22-13(2)19-20-15(4-3-5-18(20)25-21(12)19)11-16(23)10-14-6-7-17(14)24/h8-9,12,14-15H,3-7,10-11H2,1-2H3. The molecule has 3 nitrogen and oxygen atoms in total. The molecular formula is C21H25NO2S. The molecule has 0 saturated heterocycles. The fraction of sp³-hybridized carbons (Fsp3) is 0.571. The Balaban J connectivity index is 1.61. The first-order valence-corrected chi connectivity index (χ1v) is 10.3. The Hall–Kier alpha value is -1.55. The van der Waals surface area contributed by atoms with E-state index in [9.17, 15) is 9.59 Å². The number of fused-ring (bicyclic) bond motifs is 3. The first-order valence-electron chi connectivity index (χ1n) is 9.46. The molecule has 0 amide bonds. The van der Waals surface area contributed by atoms with Gasteiger partial charge in [0.15, 0.2) is 0 Å². The molecule has 0 aromatic carbocycles. The van der Waals surface area contributed by atoms with Gasteiger partial charge in [0.2, 0.25) is 0 Å². The van der Waals surface area contributed by atoms with Crippen LogP contribution in [0.15, 0.2) is 17.3 Å². The quantitative estimate of drug-likeness (QED) is 0.768. The summed E-state index contributed by atoms with van der Waals surface area (Å²) >= 11 is 1.93. The van der Waals surface area contributed by atoms with Crippen molar-refractivity contribution in [1.82, 2.24) is 0 Å². The van der Waals surface area contributed by atoms with Crippen molar-refractivity contribution < 1.29 is 9.59 Å². The van der Waals surface area contributed by atoms with E-state index in [1.54, 1.807) is 0 Å². The van der Waals surface area contributed by atoms with Crippen molar-refractivity contribution in [3.05, 3.63) is 33.2 Å². The highest BCUT2D eigenvalue weighted by Crippen LogP contribution is 2.46. The van der Waals surface area contributed by atoms with Crippen molar-refractivity contribution in [2.45, 2.75) is 70.6 Å². The Kier molecular flexibility index (Phi) is 4.48. The van der Waals surface area contributed by atoms with E-state index in [0.717, 1.165) is 31.4 Å². The fourth-order valence-electron chi connectivity index (χ4n) is 4.43. The third-order valence-electron chi connectivity index (χ3n) is 5.97. The lowest BCUT2D eigenvalue weighted by Crippen LogP contribution is -2.28. The van der Waals surface area contributed by atoms with Crippen LogP contribution in [0.4, 0.5) is 0 Å². The van der Waals surface area contributed by atoms with Gasteiger partial charge >= 0.3 is 0 Å². The molecule has 25 heavy (non-hydrogen) atoms. The molecule has 1 aromatic heterocycles. The maximum absolute atomic E-state index is 12.6. The Morgan fingerprint density at radius 1 is 1.24 bits per heavy atom. The lowest BCUT2D eigenvalue weighted by atomic mass is 9.76. The zero-order valence-corrected chi connectivity index (χ0v) is 15.8. The van der Waals surface area contributed by atoms with Crippen LogP contribution in [0.3, 0.4) is 0 Å². The molecule has 132 valence electrons. The van der Waals surface area contributed by atoms with Crippen molar-refractivity contribution in [3.63, 3.8) is 0 Å². The SMILES string of the molecule is CC1=NC=CC(C)c2sc3c(c21)C(CC(=O)CC1CCC1=O)CCC3. The topological polar surface area (TPSA) is 46.5 Å². The van der Waals surface area contributed by atoms with Crippen LogP contribution in [0.2, 0.25) is 0 Å². The summed E-state index contributed by atoms with van der Waals surface area (Å²) in [7, 11) is 0. The summed E-state index contributed by atoms with van der Waals surface area (Å²) in [5.74, 6) is 1.26. The van der Waals surface area contributed by atoms with E-state index in [2.05, 4.69) is 24.9 Å². The minimum atomic E-state index is 0.0164. The number of carbonyl (C=O) groups is 2. The Morgan fingerprint density at radius 3 is 2.76 bits per heavy atom. The number of thiophene rings is 1. The van der Waals surface area contributed by atoms with Gasteiger partial charge in [0.25, 0.3) is 0 Å². The second-order valence-electron chi connectivity index (χ2n) is 7.76. The van der Waals surface area contributed by atoms with Gasteiger partial charge in [0, 0.05) is 58.3 Å². The van der Waals surface area contributed by atoms with E-state index in [4.69, 9.17) is 0 Å². The average molecular weight is 356 g/mol. The molecule has 3 unspecified atom stereocenters. The highest BCUT2D eigenvalue weighted by Gasteiger charge is 2.34. The predicted octanol–water partition coefficient (Wildman–Crippen LogP) is 4.94. The molecule has 1 saturated carbocycles. The molecule has 2 heterocycles. The predicted molar refractivity (Wildman–Crippen MR) is 102 cm³/mol. The molecule has 4 rings (SSSR count). The van der Waals surface area contributed by atoms with E-state index >= 15 is 0 Å². The summed E-state index contributed by atoms with van der Waals surface area (Å²) in [5.41, 5.74) is 3.80. The van der Waals surface area contributed by atoms with Gasteiger partial charge < -0.3 is 0 Å². The molecule has 4 heteroatoms. The van der Waals surface area contributed by atoms with Gasteiger partial charge in [-0.3, -0.25) is 14.6 Å². The highest BCUT2D eigenvalue weighted by molar-refractivity contribution is 7.12. The van der Waals surface area contributed by atoms with Crippen LogP contribution in [0, 0.1) is 5.92 Å². The third-order valence-corrected chi connectivity index (χ3v) is 7.44. The molecule has 1 aliphatic heterocycles. The Labute approximate surface area is 153 Å². The number of ketones is 2. The fourth-order valence-corrected chi connectivity index (χ4v) is 5.95. The number of hydrogen-bond acceptors (Lipinski definition) is 4. The number of hydrogen-bond donors (Lipinski definition) is 0. The molecule has 3 aliphatic rings. The number of allylic oxidation sites excluding steroid dienone is 1. The van der Waals surface area contributed by atoms with Crippen molar-refractivity contribution in [2.24, 2.45) is 10.9 Å². The van der Waals surface area contributed by atoms with Crippen LogP contribution in [0.5, 0.6) is 0 Å². The van der Waals surface area contributed by atoms with E-state index in [-0.39, 0.29) is 17.5 Å². The number of Topliss-reactive ketones (excluding diaryl/α,β-unsaturated/α-hetero) is 2. The van der Waals surface area contributed by atoms with Crippen LogP contribution >= 0.6 is 11.3 Å². The molecule has 0 radical (unpaired) electrons. The molecule has 3 atom stereocenters. The van der Waals surface area contributed by atoms with Crippen LogP contribution in [-0.2, 0) is 16.0 Å². The van der Waals surface area contributed by atoms with Crippen LogP contribution in [0.25, 0.3) is 0 Å². The van der Waals surface area contributed by atoms with Crippen LogP contribution < -0.4 is 0 Å².